The number of benzene rings is 2. The highest BCUT2D eigenvalue weighted by Gasteiger charge is 2.45. The highest BCUT2D eigenvalue weighted by atomic mass is 35.5. The summed E-state index contributed by atoms with van der Waals surface area (Å²) in [5.41, 5.74) is 0.314. The molecule has 3 aromatic rings. The number of carbonyl (C=O) groups is 2. The zero-order valence-electron chi connectivity index (χ0n) is 20.7. The van der Waals surface area contributed by atoms with Gasteiger partial charge >= 0.3 is 6.18 Å². The molecule has 38 heavy (non-hydrogen) atoms. The van der Waals surface area contributed by atoms with Crippen molar-refractivity contribution in [1.82, 2.24) is 19.6 Å². The number of fused-ring (bicyclic) bond motifs is 1. The maximum atomic E-state index is 14.0. The lowest BCUT2D eigenvalue weighted by Crippen LogP contribution is -2.35. The Morgan fingerprint density at radius 3 is 2.37 bits per heavy atom. The third-order valence-corrected chi connectivity index (χ3v) is 7.64. The second-order valence-corrected chi connectivity index (χ2v) is 10.3. The second-order valence-electron chi connectivity index (χ2n) is 9.90. The predicted molar refractivity (Wildman–Crippen MR) is 137 cm³/mol. The van der Waals surface area contributed by atoms with Crippen molar-refractivity contribution >= 4 is 29.1 Å². The number of para-hydroxylation sites is 1. The Balaban J connectivity index is 1.18. The first-order valence-corrected chi connectivity index (χ1v) is 12.8. The number of rotatable bonds is 6. The Morgan fingerprint density at radius 1 is 1.05 bits per heavy atom. The molecule has 5 rings (SSSR count). The number of anilines is 1. The minimum atomic E-state index is -4.74. The third-order valence-electron chi connectivity index (χ3n) is 7.23. The summed E-state index contributed by atoms with van der Waals surface area (Å²) in [4.78, 5) is 29.3. The Kier molecular flexibility index (Phi) is 7.19. The van der Waals surface area contributed by atoms with Gasteiger partial charge in [-0.3, -0.25) is 9.59 Å². The van der Waals surface area contributed by atoms with Gasteiger partial charge in [-0.15, -0.1) is 0 Å². The second kappa shape index (κ2) is 10.4. The molecule has 2 fully saturated rings. The van der Waals surface area contributed by atoms with E-state index in [2.05, 4.69) is 15.3 Å². The van der Waals surface area contributed by atoms with Gasteiger partial charge in [0.25, 0.3) is 5.91 Å². The highest BCUT2D eigenvalue weighted by Crippen LogP contribution is 2.36. The number of carbonyl (C=O) groups excluding carboxylic acids is 2. The average Bonchev–Trinajstić information content (AvgIpc) is 3.58. The van der Waals surface area contributed by atoms with Gasteiger partial charge < -0.3 is 15.1 Å². The number of hydrogen-bond acceptors (Lipinski definition) is 4. The molecule has 1 aromatic heterocycles. The molecule has 7 nitrogen and oxygen atoms in total. The van der Waals surface area contributed by atoms with Gasteiger partial charge in [-0.25, -0.2) is 4.68 Å². The van der Waals surface area contributed by atoms with E-state index >= 15 is 0 Å². The molecule has 200 valence electrons. The van der Waals surface area contributed by atoms with E-state index in [-0.39, 0.29) is 23.4 Å². The van der Waals surface area contributed by atoms with Crippen molar-refractivity contribution in [2.75, 3.05) is 38.0 Å². The molecule has 2 amide bonds. The van der Waals surface area contributed by atoms with Gasteiger partial charge in [0.05, 0.1) is 17.4 Å². The molecule has 0 spiro atoms. The first kappa shape index (κ1) is 26.2. The van der Waals surface area contributed by atoms with Gasteiger partial charge in [-0.1, -0.05) is 35.9 Å². The first-order chi connectivity index (χ1) is 18.1. The normalized spacial score (nSPS) is 19.6. The molecular weight excluding hydrogens is 519 g/mol. The monoisotopic (exact) mass is 545 g/mol. The molecule has 0 saturated carbocycles. The maximum absolute atomic E-state index is 14.0. The summed E-state index contributed by atoms with van der Waals surface area (Å²) in [6, 6.07) is 13.3. The summed E-state index contributed by atoms with van der Waals surface area (Å²) < 4.78 is 42.8. The number of hydrogen-bond donors (Lipinski definition) is 1. The fourth-order valence-corrected chi connectivity index (χ4v) is 5.49. The number of alkyl halides is 3. The molecule has 2 aliphatic heterocycles. The fourth-order valence-electron chi connectivity index (χ4n) is 5.31. The van der Waals surface area contributed by atoms with Crippen LogP contribution in [0.4, 0.5) is 18.9 Å². The SMILES string of the molecule is Cc1ccc(NC(=O)CCN2CC3CN(C(=O)c4cnn(-c5ccccc5)c4C(F)(F)F)CC3C2)cc1Cl. The van der Waals surface area contributed by atoms with Crippen molar-refractivity contribution < 1.29 is 22.8 Å². The highest BCUT2D eigenvalue weighted by molar-refractivity contribution is 6.31. The van der Waals surface area contributed by atoms with E-state index < -0.39 is 23.3 Å². The quantitative estimate of drug-likeness (QED) is 0.479. The molecule has 0 bridgehead atoms. The van der Waals surface area contributed by atoms with E-state index in [1.54, 1.807) is 30.3 Å². The van der Waals surface area contributed by atoms with E-state index in [9.17, 15) is 22.8 Å². The van der Waals surface area contributed by atoms with Gasteiger partial charge in [0.1, 0.15) is 0 Å². The molecule has 2 aliphatic rings. The predicted octanol–water partition coefficient (Wildman–Crippen LogP) is 4.89. The molecule has 11 heteroatoms. The zero-order valence-corrected chi connectivity index (χ0v) is 21.5. The van der Waals surface area contributed by atoms with E-state index in [4.69, 9.17) is 11.6 Å². The third kappa shape index (κ3) is 5.42. The summed E-state index contributed by atoms with van der Waals surface area (Å²) >= 11 is 6.12. The Morgan fingerprint density at radius 2 is 1.74 bits per heavy atom. The van der Waals surface area contributed by atoms with Crippen molar-refractivity contribution in [3.05, 3.63) is 76.6 Å². The van der Waals surface area contributed by atoms with Crippen LogP contribution >= 0.6 is 11.6 Å². The topological polar surface area (TPSA) is 70.5 Å². The largest absolute Gasteiger partial charge is 0.434 e. The van der Waals surface area contributed by atoms with Crippen molar-refractivity contribution in [3.8, 4) is 5.69 Å². The van der Waals surface area contributed by atoms with E-state index in [0.29, 0.717) is 49.9 Å². The lowest BCUT2D eigenvalue weighted by Gasteiger charge is -2.22. The number of halogens is 4. The Bertz CT molecular complexity index is 1330. The van der Waals surface area contributed by atoms with Crippen LogP contribution in [0.5, 0.6) is 0 Å². The number of amides is 2. The van der Waals surface area contributed by atoms with E-state index in [1.807, 2.05) is 13.0 Å². The molecular formula is C27H27ClF3N5O2. The van der Waals surface area contributed by atoms with Crippen LogP contribution < -0.4 is 5.32 Å². The van der Waals surface area contributed by atoms with Crippen molar-refractivity contribution in [3.63, 3.8) is 0 Å². The number of likely N-dealkylation sites (tertiary alicyclic amines) is 2. The summed E-state index contributed by atoms with van der Waals surface area (Å²) in [7, 11) is 0. The molecule has 3 heterocycles. The van der Waals surface area contributed by atoms with Crippen LogP contribution in [0.25, 0.3) is 5.69 Å². The van der Waals surface area contributed by atoms with Crippen LogP contribution in [0.3, 0.4) is 0 Å². The lowest BCUT2D eigenvalue weighted by atomic mass is 10.0. The number of aromatic nitrogens is 2. The molecule has 0 aliphatic carbocycles. The molecule has 2 aromatic carbocycles. The smallest absolute Gasteiger partial charge is 0.338 e. The zero-order chi connectivity index (χ0) is 27.0. The van der Waals surface area contributed by atoms with Gasteiger partial charge in [-0.05, 0) is 48.6 Å². The Hall–Kier alpha value is -3.37. The van der Waals surface area contributed by atoms with Gasteiger partial charge in [-0.2, -0.15) is 18.3 Å². The fraction of sp³-hybridized carbons (Fsp3) is 0.370. The van der Waals surface area contributed by atoms with Crippen LogP contribution in [0, 0.1) is 18.8 Å². The molecule has 2 unspecified atom stereocenters. The summed E-state index contributed by atoms with van der Waals surface area (Å²) in [6.07, 6.45) is -3.42. The minimum Gasteiger partial charge on any atom is -0.338 e. The number of nitrogens with zero attached hydrogens (tertiary/aromatic N) is 4. The molecule has 2 atom stereocenters. The molecule has 1 N–H and O–H groups in total. The summed E-state index contributed by atoms with van der Waals surface area (Å²) in [5.74, 6) is -0.474. The van der Waals surface area contributed by atoms with Crippen LogP contribution in [-0.2, 0) is 11.0 Å². The summed E-state index contributed by atoms with van der Waals surface area (Å²) in [6.45, 7) is 4.58. The number of nitrogens with one attached hydrogen (secondary N) is 1. The number of aryl methyl sites for hydroxylation is 1. The first-order valence-electron chi connectivity index (χ1n) is 12.4. The van der Waals surface area contributed by atoms with Gasteiger partial charge in [0, 0.05) is 49.9 Å². The molecule has 0 radical (unpaired) electrons. The van der Waals surface area contributed by atoms with Gasteiger partial charge in [0.2, 0.25) is 5.91 Å². The lowest BCUT2D eigenvalue weighted by molar-refractivity contribution is -0.143. The maximum Gasteiger partial charge on any atom is 0.434 e. The summed E-state index contributed by atoms with van der Waals surface area (Å²) in [5, 5.41) is 7.35. The van der Waals surface area contributed by atoms with Crippen LogP contribution in [-0.4, -0.2) is 64.1 Å². The average molecular weight is 546 g/mol. The van der Waals surface area contributed by atoms with Crippen LogP contribution in [0.1, 0.15) is 28.0 Å². The standard InChI is InChI=1S/C27H27ClF3N5O2/c1-17-7-8-20(11-23(17)28)33-24(37)9-10-34-13-18-15-35(16-19(18)14-34)26(38)22-12-32-36(25(22)27(29,30)31)21-5-3-2-4-6-21/h2-8,11-12,18-19H,9-10,13-16H2,1H3,(H,33,37). The minimum absolute atomic E-state index is 0.117. The van der Waals surface area contributed by atoms with Crippen molar-refractivity contribution in [2.24, 2.45) is 11.8 Å². The Labute approximate surface area is 223 Å². The van der Waals surface area contributed by atoms with E-state index in [1.165, 1.54) is 17.0 Å². The molecule has 2 saturated heterocycles. The van der Waals surface area contributed by atoms with Gasteiger partial charge in [0.15, 0.2) is 5.69 Å². The van der Waals surface area contributed by atoms with E-state index in [0.717, 1.165) is 16.4 Å². The van der Waals surface area contributed by atoms with Crippen molar-refractivity contribution in [2.45, 2.75) is 19.5 Å². The van der Waals surface area contributed by atoms with Crippen LogP contribution in [0.15, 0.2) is 54.7 Å². The van der Waals surface area contributed by atoms with Crippen molar-refractivity contribution in [1.29, 1.82) is 0 Å². The van der Waals surface area contributed by atoms with Crippen LogP contribution in [0.2, 0.25) is 5.02 Å².